The van der Waals surface area contributed by atoms with Crippen molar-refractivity contribution in [1.82, 2.24) is 5.32 Å². The Morgan fingerprint density at radius 2 is 1.56 bits per heavy atom. The summed E-state index contributed by atoms with van der Waals surface area (Å²) in [6, 6.07) is 11.1. The summed E-state index contributed by atoms with van der Waals surface area (Å²) >= 11 is 0. The molecule has 11 heteroatoms. The summed E-state index contributed by atoms with van der Waals surface area (Å²) in [6.07, 6.45) is -12.4. The molecule has 2 N–H and O–H groups in total. The van der Waals surface area contributed by atoms with Crippen molar-refractivity contribution < 1.29 is 45.3 Å². The van der Waals surface area contributed by atoms with E-state index < -0.39 is 43.2 Å². The second-order valence-electron chi connectivity index (χ2n) is 8.17. The molecule has 3 rings (SSSR count). The third kappa shape index (κ3) is 7.85. The number of ether oxygens (including phenoxy) is 2. The lowest BCUT2D eigenvalue weighted by atomic mass is 9.80. The van der Waals surface area contributed by atoms with Gasteiger partial charge in [-0.3, -0.25) is 4.74 Å². The zero-order valence-corrected chi connectivity index (χ0v) is 17.9. The summed E-state index contributed by atoms with van der Waals surface area (Å²) < 4.78 is 99.0. The molecule has 1 fully saturated rings. The highest BCUT2D eigenvalue weighted by atomic mass is 19.4. The Balaban J connectivity index is 1.76. The molecule has 0 heterocycles. The predicted octanol–water partition coefficient (Wildman–Crippen LogP) is 6.27. The third-order valence-corrected chi connectivity index (χ3v) is 5.67. The number of nitrogens with one attached hydrogen (secondary N) is 1. The van der Waals surface area contributed by atoms with Crippen molar-refractivity contribution in [2.24, 2.45) is 5.92 Å². The van der Waals surface area contributed by atoms with Crippen LogP contribution in [0.3, 0.4) is 0 Å². The van der Waals surface area contributed by atoms with E-state index in [1.54, 1.807) is 24.3 Å². The van der Waals surface area contributed by atoms with Crippen molar-refractivity contribution in [3.05, 3.63) is 59.9 Å². The SMILES string of the molecule is OC(CNC(c1cccc(Oc2ccc(F)cc2)c1)C1CCC(OC(F)(F)F)CC1)C(F)(F)F. The van der Waals surface area contributed by atoms with E-state index in [9.17, 15) is 35.8 Å². The lowest BCUT2D eigenvalue weighted by Crippen LogP contribution is -2.42. The van der Waals surface area contributed by atoms with Crippen LogP contribution in [0.25, 0.3) is 0 Å². The molecule has 0 spiro atoms. The molecule has 188 valence electrons. The first-order chi connectivity index (χ1) is 15.9. The van der Waals surface area contributed by atoms with Crippen LogP contribution in [0.15, 0.2) is 48.5 Å². The van der Waals surface area contributed by atoms with Crippen LogP contribution < -0.4 is 10.1 Å². The molecule has 2 aromatic rings. The van der Waals surface area contributed by atoms with Crippen LogP contribution in [-0.2, 0) is 4.74 Å². The zero-order valence-electron chi connectivity index (χ0n) is 17.9. The third-order valence-electron chi connectivity index (χ3n) is 5.67. The molecule has 2 atom stereocenters. The Labute approximate surface area is 191 Å². The molecule has 0 aliphatic heterocycles. The van der Waals surface area contributed by atoms with E-state index in [1.165, 1.54) is 24.3 Å². The Hall–Kier alpha value is -2.37. The summed E-state index contributed by atoms with van der Waals surface area (Å²) in [7, 11) is 0. The van der Waals surface area contributed by atoms with E-state index in [2.05, 4.69) is 10.1 Å². The standard InChI is InChI=1S/C23H24F7NO3/c24-16-6-10-17(11-7-16)33-19-3-1-2-15(12-19)21(31-13-20(32)22(25,26)27)14-4-8-18(9-5-14)34-23(28,29)30/h1-3,6-7,10-12,14,18,20-21,31-32H,4-5,8-9,13H2. The second kappa shape index (κ2) is 10.9. The van der Waals surface area contributed by atoms with Crippen LogP contribution in [0, 0.1) is 11.7 Å². The van der Waals surface area contributed by atoms with Gasteiger partial charge < -0.3 is 15.2 Å². The fraction of sp³-hybridized carbons (Fsp3) is 0.478. The minimum absolute atomic E-state index is 0.0932. The van der Waals surface area contributed by atoms with Crippen molar-refractivity contribution in [1.29, 1.82) is 0 Å². The van der Waals surface area contributed by atoms with E-state index in [0.717, 1.165) is 0 Å². The minimum atomic E-state index is -4.82. The van der Waals surface area contributed by atoms with Crippen molar-refractivity contribution in [3.8, 4) is 11.5 Å². The second-order valence-corrected chi connectivity index (χ2v) is 8.17. The van der Waals surface area contributed by atoms with Gasteiger partial charge >= 0.3 is 12.5 Å². The van der Waals surface area contributed by atoms with Crippen molar-refractivity contribution in [2.75, 3.05) is 6.54 Å². The van der Waals surface area contributed by atoms with Gasteiger partial charge in [0.1, 0.15) is 17.3 Å². The Bertz CT molecular complexity index is 910. The lowest BCUT2D eigenvalue weighted by molar-refractivity contribution is -0.345. The molecule has 1 aliphatic rings. The molecule has 34 heavy (non-hydrogen) atoms. The van der Waals surface area contributed by atoms with Crippen LogP contribution in [0.1, 0.15) is 37.3 Å². The van der Waals surface area contributed by atoms with Gasteiger partial charge in [-0.15, -0.1) is 13.2 Å². The quantitative estimate of drug-likeness (QED) is 0.424. The molecule has 0 aromatic heterocycles. The molecular formula is C23H24F7NO3. The lowest BCUT2D eigenvalue weighted by Gasteiger charge is -2.35. The Morgan fingerprint density at radius 1 is 0.912 bits per heavy atom. The van der Waals surface area contributed by atoms with Crippen molar-refractivity contribution in [2.45, 2.75) is 56.5 Å². The largest absolute Gasteiger partial charge is 0.522 e. The van der Waals surface area contributed by atoms with E-state index >= 15 is 0 Å². The summed E-state index contributed by atoms with van der Waals surface area (Å²) in [6.45, 7) is -0.782. The van der Waals surface area contributed by atoms with Crippen LogP contribution in [0.2, 0.25) is 0 Å². The number of benzene rings is 2. The first-order valence-corrected chi connectivity index (χ1v) is 10.7. The van der Waals surface area contributed by atoms with Crippen LogP contribution >= 0.6 is 0 Å². The van der Waals surface area contributed by atoms with Gasteiger partial charge in [0.2, 0.25) is 0 Å². The van der Waals surface area contributed by atoms with Gasteiger partial charge in [-0.05, 0) is 73.6 Å². The van der Waals surface area contributed by atoms with Crippen molar-refractivity contribution in [3.63, 3.8) is 0 Å². The first kappa shape index (κ1) is 26.2. The number of aliphatic hydroxyl groups excluding tert-OH is 1. The maximum atomic E-state index is 13.1. The number of hydrogen-bond donors (Lipinski definition) is 2. The molecule has 1 saturated carbocycles. The molecular weight excluding hydrogens is 471 g/mol. The van der Waals surface area contributed by atoms with Gasteiger partial charge in [0.05, 0.1) is 6.10 Å². The van der Waals surface area contributed by atoms with Gasteiger partial charge in [0.15, 0.2) is 6.10 Å². The molecule has 1 aliphatic carbocycles. The predicted molar refractivity (Wildman–Crippen MR) is 109 cm³/mol. The topological polar surface area (TPSA) is 50.7 Å². The highest BCUT2D eigenvalue weighted by Gasteiger charge is 2.40. The number of hydrogen-bond acceptors (Lipinski definition) is 4. The average Bonchev–Trinajstić information content (AvgIpc) is 2.75. The van der Waals surface area contributed by atoms with E-state index in [0.29, 0.717) is 17.1 Å². The van der Waals surface area contributed by atoms with Crippen molar-refractivity contribution >= 4 is 0 Å². The van der Waals surface area contributed by atoms with Crippen LogP contribution in [0.4, 0.5) is 30.7 Å². The van der Waals surface area contributed by atoms with Gasteiger partial charge in [-0.25, -0.2) is 4.39 Å². The summed E-state index contributed by atoms with van der Waals surface area (Å²) in [5.74, 6) is -0.0463. The average molecular weight is 495 g/mol. The van der Waals surface area contributed by atoms with Gasteiger partial charge in [-0.1, -0.05) is 12.1 Å². The molecule has 0 bridgehead atoms. The van der Waals surface area contributed by atoms with Crippen LogP contribution in [-0.4, -0.2) is 36.4 Å². The Morgan fingerprint density at radius 3 is 2.15 bits per heavy atom. The van der Waals surface area contributed by atoms with Crippen LogP contribution in [0.5, 0.6) is 11.5 Å². The number of halogens is 7. The maximum Gasteiger partial charge on any atom is 0.522 e. The van der Waals surface area contributed by atoms with E-state index in [4.69, 9.17) is 4.74 Å². The number of rotatable bonds is 8. The Kier molecular flexibility index (Phi) is 8.43. The molecule has 0 amide bonds. The molecule has 0 saturated heterocycles. The number of alkyl halides is 6. The van der Waals surface area contributed by atoms with E-state index in [-0.39, 0.29) is 31.6 Å². The highest BCUT2D eigenvalue weighted by Crippen LogP contribution is 2.38. The molecule has 2 unspecified atom stereocenters. The summed E-state index contributed by atoms with van der Waals surface area (Å²) in [5.41, 5.74) is 0.550. The zero-order chi connectivity index (χ0) is 24.9. The fourth-order valence-electron chi connectivity index (χ4n) is 4.05. The van der Waals surface area contributed by atoms with Gasteiger partial charge in [-0.2, -0.15) is 13.2 Å². The highest BCUT2D eigenvalue weighted by molar-refractivity contribution is 5.35. The van der Waals surface area contributed by atoms with E-state index in [1.807, 2.05) is 0 Å². The summed E-state index contributed by atoms with van der Waals surface area (Å²) in [4.78, 5) is 0. The monoisotopic (exact) mass is 495 g/mol. The molecule has 2 aromatic carbocycles. The normalized spacial score (nSPS) is 21.2. The molecule has 0 radical (unpaired) electrons. The fourth-order valence-corrected chi connectivity index (χ4v) is 4.05. The smallest absolute Gasteiger partial charge is 0.457 e. The maximum absolute atomic E-state index is 13.1. The molecule has 4 nitrogen and oxygen atoms in total. The van der Waals surface area contributed by atoms with Gasteiger partial charge in [0.25, 0.3) is 0 Å². The minimum Gasteiger partial charge on any atom is -0.457 e. The first-order valence-electron chi connectivity index (χ1n) is 10.7. The summed E-state index contributed by atoms with van der Waals surface area (Å²) in [5, 5.41) is 12.2. The van der Waals surface area contributed by atoms with Gasteiger partial charge in [0, 0.05) is 12.6 Å². The number of aliphatic hydroxyl groups is 1.